The van der Waals surface area contributed by atoms with Gasteiger partial charge in [0.25, 0.3) is 5.91 Å². The summed E-state index contributed by atoms with van der Waals surface area (Å²) in [5, 5.41) is 7.93. The number of hydrogen-bond acceptors (Lipinski definition) is 4. The van der Waals surface area contributed by atoms with Crippen molar-refractivity contribution < 1.29 is 18.8 Å². The minimum Gasteiger partial charge on any atom is -0.459 e. The number of halogens is 1. The van der Waals surface area contributed by atoms with Gasteiger partial charge in [0, 0.05) is 10.2 Å². The molecule has 0 fully saturated rings. The normalized spacial score (nSPS) is 11.7. The molecule has 0 spiro atoms. The van der Waals surface area contributed by atoms with E-state index < -0.39 is 17.9 Å². The predicted molar refractivity (Wildman–Crippen MR) is 105 cm³/mol. The van der Waals surface area contributed by atoms with Crippen molar-refractivity contribution in [3.8, 4) is 0 Å². The van der Waals surface area contributed by atoms with Gasteiger partial charge in [0.15, 0.2) is 5.76 Å². The SMILES string of the molecule is Cc1cc(Br)ccc1NC(=O)CNC(=O)C(NC(=O)c1ccco1)C(C)C. The maximum absolute atomic E-state index is 12.4. The van der Waals surface area contributed by atoms with Crippen LogP contribution in [0.2, 0.25) is 0 Å². The molecule has 3 N–H and O–H groups in total. The zero-order valence-electron chi connectivity index (χ0n) is 15.3. The highest BCUT2D eigenvalue weighted by molar-refractivity contribution is 9.10. The van der Waals surface area contributed by atoms with Crippen LogP contribution in [0, 0.1) is 12.8 Å². The van der Waals surface area contributed by atoms with E-state index in [1.165, 1.54) is 12.3 Å². The zero-order valence-corrected chi connectivity index (χ0v) is 16.9. The van der Waals surface area contributed by atoms with Gasteiger partial charge in [0.1, 0.15) is 6.04 Å². The number of aryl methyl sites for hydroxylation is 1. The fourth-order valence-corrected chi connectivity index (χ4v) is 2.87. The summed E-state index contributed by atoms with van der Waals surface area (Å²) in [7, 11) is 0. The third-order valence-electron chi connectivity index (χ3n) is 3.87. The number of amides is 3. The zero-order chi connectivity index (χ0) is 20.0. The van der Waals surface area contributed by atoms with Crippen LogP contribution in [0.1, 0.15) is 30.0 Å². The maximum Gasteiger partial charge on any atom is 0.287 e. The van der Waals surface area contributed by atoms with Crippen molar-refractivity contribution in [3.05, 3.63) is 52.4 Å². The summed E-state index contributed by atoms with van der Waals surface area (Å²) in [4.78, 5) is 36.6. The quantitative estimate of drug-likeness (QED) is 0.622. The van der Waals surface area contributed by atoms with E-state index in [1.807, 2.05) is 19.1 Å². The summed E-state index contributed by atoms with van der Waals surface area (Å²) in [5.41, 5.74) is 1.57. The second-order valence-electron chi connectivity index (χ2n) is 6.40. The minimum absolute atomic E-state index is 0.122. The Morgan fingerprint density at radius 1 is 1.19 bits per heavy atom. The van der Waals surface area contributed by atoms with Gasteiger partial charge in [-0.15, -0.1) is 0 Å². The van der Waals surface area contributed by atoms with E-state index in [4.69, 9.17) is 4.42 Å². The Morgan fingerprint density at radius 2 is 1.93 bits per heavy atom. The fraction of sp³-hybridized carbons (Fsp3) is 0.316. The van der Waals surface area contributed by atoms with Crippen LogP contribution in [0.15, 0.2) is 45.5 Å². The molecule has 1 heterocycles. The highest BCUT2D eigenvalue weighted by atomic mass is 79.9. The lowest BCUT2D eigenvalue weighted by Crippen LogP contribution is -2.51. The fourth-order valence-electron chi connectivity index (χ4n) is 2.39. The molecule has 0 saturated heterocycles. The summed E-state index contributed by atoms with van der Waals surface area (Å²) in [6.45, 7) is 5.28. The van der Waals surface area contributed by atoms with Crippen LogP contribution >= 0.6 is 15.9 Å². The van der Waals surface area contributed by atoms with Gasteiger partial charge in [-0.2, -0.15) is 0 Å². The number of carbonyl (C=O) groups is 3. The summed E-state index contributed by atoms with van der Waals surface area (Å²) in [5.74, 6) is -1.32. The standard InChI is InChI=1S/C19H22BrN3O4/c1-11(2)17(23-18(25)15-5-4-8-27-15)19(26)21-10-16(24)22-14-7-6-13(20)9-12(14)3/h4-9,11,17H,10H2,1-3H3,(H,21,26)(H,22,24)(H,23,25). The molecule has 1 unspecified atom stereocenters. The molecule has 1 atom stereocenters. The number of nitrogens with one attached hydrogen (secondary N) is 3. The number of anilines is 1. The monoisotopic (exact) mass is 435 g/mol. The van der Waals surface area contributed by atoms with Crippen molar-refractivity contribution in [2.75, 3.05) is 11.9 Å². The Hall–Kier alpha value is -2.61. The van der Waals surface area contributed by atoms with E-state index in [9.17, 15) is 14.4 Å². The maximum atomic E-state index is 12.4. The lowest BCUT2D eigenvalue weighted by atomic mass is 10.0. The van der Waals surface area contributed by atoms with Gasteiger partial charge in [-0.05, 0) is 48.7 Å². The number of carbonyl (C=O) groups excluding carboxylic acids is 3. The molecule has 2 rings (SSSR count). The third-order valence-corrected chi connectivity index (χ3v) is 4.36. The Balaban J connectivity index is 1.91. The van der Waals surface area contributed by atoms with Crippen molar-refractivity contribution in [1.29, 1.82) is 0 Å². The van der Waals surface area contributed by atoms with Crippen LogP contribution < -0.4 is 16.0 Å². The largest absolute Gasteiger partial charge is 0.459 e. The molecular formula is C19H22BrN3O4. The van der Waals surface area contributed by atoms with Crippen molar-refractivity contribution in [3.63, 3.8) is 0 Å². The lowest BCUT2D eigenvalue weighted by Gasteiger charge is -2.21. The van der Waals surface area contributed by atoms with Gasteiger partial charge < -0.3 is 20.4 Å². The topological polar surface area (TPSA) is 100 Å². The Bertz CT molecular complexity index is 818. The molecule has 0 aliphatic rings. The Kier molecular flexibility index (Phi) is 7.18. The highest BCUT2D eigenvalue weighted by Gasteiger charge is 2.25. The first-order chi connectivity index (χ1) is 12.8. The average Bonchev–Trinajstić information content (AvgIpc) is 3.14. The van der Waals surface area contributed by atoms with Crippen molar-refractivity contribution >= 4 is 39.3 Å². The van der Waals surface area contributed by atoms with E-state index in [2.05, 4.69) is 31.9 Å². The molecule has 1 aromatic heterocycles. The molecule has 0 aliphatic heterocycles. The first-order valence-corrected chi connectivity index (χ1v) is 9.25. The Morgan fingerprint density at radius 3 is 2.52 bits per heavy atom. The second-order valence-corrected chi connectivity index (χ2v) is 7.31. The first-order valence-electron chi connectivity index (χ1n) is 8.46. The van der Waals surface area contributed by atoms with E-state index >= 15 is 0 Å². The number of rotatable bonds is 7. The highest BCUT2D eigenvalue weighted by Crippen LogP contribution is 2.19. The molecule has 0 bridgehead atoms. The Labute approximate surface area is 166 Å². The molecule has 1 aromatic carbocycles. The van der Waals surface area contributed by atoms with E-state index in [1.54, 1.807) is 26.0 Å². The average molecular weight is 436 g/mol. The van der Waals surface area contributed by atoms with Crippen molar-refractivity contribution in [2.24, 2.45) is 5.92 Å². The van der Waals surface area contributed by atoms with E-state index in [-0.39, 0.29) is 24.1 Å². The van der Waals surface area contributed by atoms with Crippen LogP contribution in [0.25, 0.3) is 0 Å². The molecule has 3 amide bonds. The molecule has 8 heteroatoms. The van der Waals surface area contributed by atoms with Crippen molar-refractivity contribution in [2.45, 2.75) is 26.8 Å². The molecular weight excluding hydrogens is 414 g/mol. The van der Waals surface area contributed by atoms with Crippen LogP contribution in [0.4, 0.5) is 5.69 Å². The number of hydrogen-bond donors (Lipinski definition) is 3. The molecule has 0 radical (unpaired) electrons. The van der Waals surface area contributed by atoms with Gasteiger partial charge in [-0.25, -0.2) is 0 Å². The summed E-state index contributed by atoms with van der Waals surface area (Å²) >= 11 is 3.36. The number of benzene rings is 1. The smallest absolute Gasteiger partial charge is 0.287 e. The van der Waals surface area contributed by atoms with Gasteiger partial charge in [-0.1, -0.05) is 29.8 Å². The summed E-state index contributed by atoms with van der Waals surface area (Å²) < 4.78 is 5.94. The predicted octanol–water partition coefficient (Wildman–Crippen LogP) is 2.86. The van der Waals surface area contributed by atoms with Crippen molar-refractivity contribution in [1.82, 2.24) is 10.6 Å². The van der Waals surface area contributed by atoms with Crippen LogP contribution in [-0.2, 0) is 9.59 Å². The summed E-state index contributed by atoms with van der Waals surface area (Å²) in [6.07, 6.45) is 1.38. The lowest BCUT2D eigenvalue weighted by molar-refractivity contribution is -0.126. The molecule has 7 nitrogen and oxygen atoms in total. The summed E-state index contributed by atoms with van der Waals surface area (Å²) in [6, 6.07) is 7.80. The molecule has 0 saturated carbocycles. The van der Waals surface area contributed by atoms with Gasteiger partial charge >= 0.3 is 0 Å². The van der Waals surface area contributed by atoms with E-state index in [0.717, 1.165) is 10.0 Å². The van der Waals surface area contributed by atoms with Gasteiger partial charge in [-0.3, -0.25) is 14.4 Å². The second kappa shape index (κ2) is 9.36. The number of furan rings is 1. The molecule has 2 aromatic rings. The molecule has 27 heavy (non-hydrogen) atoms. The van der Waals surface area contributed by atoms with Crippen LogP contribution in [-0.4, -0.2) is 30.3 Å². The molecule has 144 valence electrons. The first kappa shape index (κ1) is 20.7. The third kappa shape index (κ3) is 5.96. The molecule has 0 aliphatic carbocycles. The van der Waals surface area contributed by atoms with Crippen LogP contribution in [0.3, 0.4) is 0 Å². The minimum atomic E-state index is -0.787. The van der Waals surface area contributed by atoms with E-state index in [0.29, 0.717) is 5.69 Å². The van der Waals surface area contributed by atoms with Crippen LogP contribution in [0.5, 0.6) is 0 Å². The van der Waals surface area contributed by atoms with Gasteiger partial charge in [0.2, 0.25) is 11.8 Å². The van der Waals surface area contributed by atoms with Gasteiger partial charge in [0.05, 0.1) is 12.8 Å².